The summed E-state index contributed by atoms with van der Waals surface area (Å²) in [6.45, 7) is 0. The third kappa shape index (κ3) is 2.26. The molecule has 2 rings (SSSR count). The van der Waals surface area contributed by atoms with E-state index in [1.54, 1.807) is 0 Å². The fourth-order valence-electron chi connectivity index (χ4n) is 1.98. The van der Waals surface area contributed by atoms with Crippen molar-refractivity contribution in [3.63, 3.8) is 0 Å². The molecule has 0 amide bonds. The van der Waals surface area contributed by atoms with Crippen molar-refractivity contribution in [2.45, 2.75) is 25.3 Å². The van der Waals surface area contributed by atoms with Crippen LogP contribution in [0.5, 0.6) is 0 Å². The molecule has 2 N–H and O–H groups in total. The molecule has 76 valence electrons. The summed E-state index contributed by atoms with van der Waals surface area (Å²) in [7, 11) is 0. The number of benzene rings is 1. The van der Waals surface area contributed by atoms with Gasteiger partial charge in [0.15, 0.2) is 0 Å². The summed E-state index contributed by atoms with van der Waals surface area (Å²) in [6.07, 6.45) is 4.98. The van der Waals surface area contributed by atoms with Crippen molar-refractivity contribution in [1.29, 1.82) is 5.26 Å². The van der Waals surface area contributed by atoms with Gasteiger partial charge < -0.3 is 5.73 Å². The minimum absolute atomic E-state index is 0.360. The molecule has 0 heterocycles. The Morgan fingerprint density at radius 3 is 2.93 bits per heavy atom. The predicted molar refractivity (Wildman–Crippen MR) is 60.9 cm³/mol. The summed E-state index contributed by atoms with van der Waals surface area (Å²) in [6, 6.07) is 10.1. The number of nitriles is 1. The fraction of sp³-hybridized carbons (Fsp3) is 0.308. The van der Waals surface area contributed by atoms with Crippen molar-refractivity contribution < 1.29 is 0 Å². The Labute approximate surface area is 90.0 Å². The summed E-state index contributed by atoms with van der Waals surface area (Å²) in [5.41, 5.74) is 9.59. The first-order valence-electron chi connectivity index (χ1n) is 5.22. The Kier molecular flexibility index (Phi) is 2.84. The quantitative estimate of drug-likeness (QED) is 0.792. The molecule has 0 bridgehead atoms. The molecule has 0 fully saturated rings. The predicted octanol–water partition coefficient (Wildman–Crippen LogP) is 2.26. The zero-order chi connectivity index (χ0) is 10.7. The van der Waals surface area contributed by atoms with Gasteiger partial charge in [-0.05, 0) is 30.4 Å². The molecule has 2 heteroatoms. The lowest BCUT2D eigenvalue weighted by molar-refractivity contribution is 0.763. The number of nitrogens with two attached hydrogens (primary N) is 1. The average Bonchev–Trinajstić information content (AvgIpc) is 2.29. The van der Waals surface area contributed by atoms with Gasteiger partial charge in [0.25, 0.3) is 0 Å². The van der Waals surface area contributed by atoms with Crippen molar-refractivity contribution in [1.82, 2.24) is 0 Å². The SMILES string of the molecule is N#C[C@@H](N)CC1=Cc2ccccc2CC1. The highest BCUT2D eigenvalue weighted by Gasteiger charge is 2.11. The van der Waals surface area contributed by atoms with Crippen LogP contribution in [0.15, 0.2) is 29.8 Å². The summed E-state index contributed by atoms with van der Waals surface area (Å²) >= 11 is 0. The molecule has 15 heavy (non-hydrogen) atoms. The average molecular weight is 198 g/mol. The molecule has 0 aliphatic heterocycles. The van der Waals surface area contributed by atoms with Crippen LogP contribution in [-0.4, -0.2) is 6.04 Å². The molecular formula is C13H14N2. The summed E-state index contributed by atoms with van der Waals surface area (Å²) in [5.74, 6) is 0. The van der Waals surface area contributed by atoms with Crippen molar-refractivity contribution in [2.24, 2.45) is 5.73 Å². The standard InChI is InChI=1S/C13H14N2/c14-9-13(15)8-10-5-6-11-3-1-2-4-12(11)7-10/h1-4,7,13H,5-6,8,15H2/t13-/m0/s1. The lowest BCUT2D eigenvalue weighted by atomic mass is 9.89. The molecular weight excluding hydrogens is 184 g/mol. The Morgan fingerprint density at radius 2 is 2.13 bits per heavy atom. The van der Waals surface area contributed by atoms with Crippen LogP contribution < -0.4 is 5.73 Å². The molecule has 0 saturated heterocycles. The second-order valence-corrected chi connectivity index (χ2v) is 3.94. The van der Waals surface area contributed by atoms with Crippen LogP contribution in [0.25, 0.3) is 6.08 Å². The molecule has 2 nitrogen and oxygen atoms in total. The largest absolute Gasteiger partial charge is 0.316 e. The van der Waals surface area contributed by atoms with Crippen molar-refractivity contribution >= 4 is 6.08 Å². The van der Waals surface area contributed by atoms with Gasteiger partial charge in [-0.25, -0.2) is 0 Å². The van der Waals surface area contributed by atoms with E-state index in [2.05, 4.69) is 30.3 Å². The molecule has 0 aromatic heterocycles. The third-order valence-electron chi connectivity index (χ3n) is 2.78. The van der Waals surface area contributed by atoms with E-state index in [1.807, 2.05) is 6.07 Å². The summed E-state index contributed by atoms with van der Waals surface area (Å²) in [5, 5.41) is 8.66. The first kappa shape index (κ1) is 9.95. The highest BCUT2D eigenvalue weighted by molar-refractivity contribution is 5.59. The van der Waals surface area contributed by atoms with Gasteiger partial charge in [-0.2, -0.15) is 5.26 Å². The van der Waals surface area contributed by atoms with Gasteiger partial charge in [0.05, 0.1) is 12.1 Å². The first-order chi connectivity index (χ1) is 7.29. The maximum atomic E-state index is 8.66. The van der Waals surface area contributed by atoms with Gasteiger partial charge >= 0.3 is 0 Å². The zero-order valence-corrected chi connectivity index (χ0v) is 8.61. The number of rotatable bonds is 2. The topological polar surface area (TPSA) is 49.8 Å². The minimum Gasteiger partial charge on any atom is -0.316 e. The fourth-order valence-corrected chi connectivity index (χ4v) is 1.98. The number of aryl methyl sites for hydroxylation is 1. The van der Waals surface area contributed by atoms with Crippen LogP contribution in [0.1, 0.15) is 24.0 Å². The van der Waals surface area contributed by atoms with E-state index in [0.29, 0.717) is 6.42 Å². The maximum absolute atomic E-state index is 8.66. The van der Waals surface area contributed by atoms with E-state index in [-0.39, 0.29) is 6.04 Å². The summed E-state index contributed by atoms with van der Waals surface area (Å²) < 4.78 is 0. The van der Waals surface area contributed by atoms with Crippen LogP contribution in [-0.2, 0) is 6.42 Å². The second kappa shape index (κ2) is 4.29. The van der Waals surface area contributed by atoms with E-state index in [4.69, 9.17) is 11.0 Å². The molecule has 1 aliphatic rings. The normalized spacial score (nSPS) is 16.1. The molecule has 0 unspecified atom stereocenters. The Balaban J connectivity index is 2.19. The van der Waals surface area contributed by atoms with Crippen LogP contribution in [0.2, 0.25) is 0 Å². The van der Waals surface area contributed by atoms with Crippen LogP contribution in [0.4, 0.5) is 0 Å². The second-order valence-electron chi connectivity index (χ2n) is 3.94. The van der Waals surface area contributed by atoms with Gasteiger partial charge in [0.2, 0.25) is 0 Å². The lowest BCUT2D eigenvalue weighted by Crippen LogP contribution is -2.18. The van der Waals surface area contributed by atoms with E-state index >= 15 is 0 Å². The maximum Gasteiger partial charge on any atom is 0.0965 e. The number of hydrogen-bond acceptors (Lipinski definition) is 2. The lowest BCUT2D eigenvalue weighted by Gasteiger charge is -2.16. The smallest absolute Gasteiger partial charge is 0.0965 e. The third-order valence-corrected chi connectivity index (χ3v) is 2.78. The highest BCUT2D eigenvalue weighted by Crippen LogP contribution is 2.25. The number of fused-ring (bicyclic) bond motifs is 1. The van der Waals surface area contributed by atoms with Crippen LogP contribution in [0, 0.1) is 11.3 Å². The van der Waals surface area contributed by atoms with Crippen molar-refractivity contribution in [3.8, 4) is 6.07 Å². The van der Waals surface area contributed by atoms with E-state index in [9.17, 15) is 0 Å². The summed E-state index contributed by atoms with van der Waals surface area (Å²) in [4.78, 5) is 0. The van der Waals surface area contributed by atoms with Gasteiger partial charge in [-0.1, -0.05) is 35.9 Å². The van der Waals surface area contributed by atoms with Crippen LogP contribution in [0.3, 0.4) is 0 Å². The van der Waals surface area contributed by atoms with Gasteiger partial charge in [0, 0.05) is 0 Å². The Bertz CT molecular complexity index is 426. The Hall–Kier alpha value is -1.59. The van der Waals surface area contributed by atoms with Gasteiger partial charge in [-0.15, -0.1) is 0 Å². The van der Waals surface area contributed by atoms with Crippen LogP contribution >= 0.6 is 0 Å². The van der Waals surface area contributed by atoms with E-state index in [0.717, 1.165) is 12.8 Å². The molecule has 1 aromatic carbocycles. The first-order valence-corrected chi connectivity index (χ1v) is 5.22. The Morgan fingerprint density at radius 1 is 1.33 bits per heavy atom. The molecule has 1 aliphatic carbocycles. The van der Waals surface area contributed by atoms with Gasteiger partial charge in [0.1, 0.15) is 0 Å². The van der Waals surface area contributed by atoms with Crippen molar-refractivity contribution in [2.75, 3.05) is 0 Å². The van der Waals surface area contributed by atoms with E-state index < -0.39 is 0 Å². The monoisotopic (exact) mass is 198 g/mol. The number of hydrogen-bond donors (Lipinski definition) is 1. The molecule has 0 saturated carbocycles. The molecule has 0 spiro atoms. The molecule has 1 aromatic rings. The van der Waals surface area contributed by atoms with Gasteiger partial charge in [-0.3, -0.25) is 0 Å². The molecule has 0 radical (unpaired) electrons. The number of nitrogens with zero attached hydrogens (tertiary/aromatic N) is 1. The zero-order valence-electron chi connectivity index (χ0n) is 8.61. The van der Waals surface area contributed by atoms with E-state index in [1.165, 1.54) is 16.7 Å². The molecule has 1 atom stereocenters. The minimum atomic E-state index is -0.360. The highest BCUT2D eigenvalue weighted by atomic mass is 14.6. The van der Waals surface area contributed by atoms with Crippen molar-refractivity contribution in [3.05, 3.63) is 41.0 Å².